The van der Waals surface area contributed by atoms with Gasteiger partial charge in [0.05, 0.1) is 33.7 Å². The number of nitrogens with zero attached hydrogens (tertiary/aromatic N) is 3. The van der Waals surface area contributed by atoms with E-state index in [0.717, 1.165) is 6.42 Å². The number of halogens is 2. The summed E-state index contributed by atoms with van der Waals surface area (Å²) in [5, 5.41) is 11.2. The Morgan fingerprint density at radius 2 is 2.10 bits per heavy atom. The van der Waals surface area contributed by atoms with Gasteiger partial charge >= 0.3 is 0 Å². The fourth-order valence-corrected chi connectivity index (χ4v) is 2.20. The maximum Gasteiger partial charge on any atom is 0.246 e. The molecule has 2 rings (SSSR count). The van der Waals surface area contributed by atoms with Crippen molar-refractivity contribution in [1.82, 2.24) is 15.0 Å². The molecule has 1 aromatic heterocycles. The third-order valence-electron chi connectivity index (χ3n) is 2.91. The zero-order valence-electron chi connectivity index (χ0n) is 11.4. The number of carbonyl (C=O) groups excluding carboxylic acids is 1. The number of rotatable bonds is 5. The Bertz CT molecular complexity index is 623. The Labute approximate surface area is 132 Å². The maximum atomic E-state index is 12.0. The first-order valence-electron chi connectivity index (χ1n) is 6.40. The number of amides is 1. The monoisotopic (exact) mass is 327 g/mol. The molecule has 112 valence electrons. The van der Waals surface area contributed by atoms with E-state index in [9.17, 15) is 4.79 Å². The van der Waals surface area contributed by atoms with Gasteiger partial charge in [-0.2, -0.15) is 0 Å². The van der Waals surface area contributed by atoms with Gasteiger partial charge in [0.1, 0.15) is 6.54 Å². The van der Waals surface area contributed by atoms with Gasteiger partial charge in [-0.1, -0.05) is 41.4 Å². The lowest BCUT2D eigenvalue weighted by Gasteiger charge is -2.08. The Balaban J connectivity index is 2.03. The number of hydrogen-bond donors (Lipinski definition) is 2. The zero-order chi connectivity index (χ0) is 15.4. The van der Waals surface area contributed by atoms with E-state index in [-0.39, 0.29) is 18.5 Å². The molecule has 0 saturated heterocycles. The zero-order valence-corrected chi connectivity index (χ0v) is 12.9. The molecule has 0 spiro atoms. The molecule has 0 saturated carbocycles. The van der Waals surface area contributed by atoms with Gasteiger partial charge in [-0.05, 0) is 18.6 Å². The molecular weight excluding hydrogens is 313 g/mol. The van der Waals surface area contributed by atoms with Gasteiger partial charge in [-0.15, -0.1) is 5.10 Å². The number of nitrogens with two attached hydrogens (primary N) is 1. The van der Waals surface area contributed by atoms with E-state index >= 15 is 0 Å². The van der Waals surface area contributed by atoms with Crippen LogP contribution in [0.4, 0.5) is 5.69 Å². The molecule has 1 unspecified atom stereocenters. The van der Waals surface area contributed by atoms with Crippen molar-refractivity contribution in [3.05, 3.63) is 40.1 Å². The van der Waals surface area contributed by atoms with Crippen LogP contribution >= 0.6 is 23.2 Å². The molecule has 0 aliphatic carbocycles. The van der Waals surface area contributed by atoms with E-state index in [1.807, 2.05) is 6.92 Å². The van der Waals surface area contributed by atoms with Crippen molar-refractivity contribution in [2.75, 3.05) is 5.32 Å². The Morgan fingerprint density at radius 3 is 2.71 bits per heavy atom. The number of benzene rings is 1. The lowest BCUT2D eigenvalue weighted by Crippen LogP contribution is -2.19. The second-order valence-electron chi connectivity index (χ2n) is 4.50. The molecule has 2 aromatic rings. The van der Waals surface area contributed by atoms with Crippen molar-refractivity contribution in [3.8, 4) is 0 Å². The van der Waals surface area contributed by atoms with Crippen LogP contribution in [-0.4, -0.2) is 20.9 Å². The Morgan fingerprint density at radius 1 is 1.43 bits per heavy atom. The fraction of sp³-hybridized carbons (Fsp3) is 0.308. The smallest absolute Gasteiger partial charge is 0.246 e. The molecule has 8 heteroatoms. The quantitative estimate of drug-likeness (QED) is 0.883. The van der Waals surface area contributed by atoms with E-state index in [4.69, 9.17) is 28.9 Å². The van der Waals surface area contributed by atoms with Crippen LogP contribution in [0.3, 0.4) is 0 Å². The summed E-state index contributed by atoms with van der Waals surface area (Å²) in [6.45, 7) is 1.96. The molecule has 1 aromatic carbocycles. The van der Waals surface area contributed by atoms with Crippen LogP contribution in [0, 0.1) is 0 Å². The second-order valence-corrected chi connectivity index (χ2v) is 5.31. The van der Waals surface area contributed by atoms with Gasteiger partial charge < -0.3 is 11.1 Å². The van der Waals surface area contributed by atoms with Gasteiger partial charge in [0, 0.05) is 0 Å². The third kappa shape index (κ3) is 3.93. The Hall–Kier alpha value is -1.63. The van der Waals surface area contributed by atoms with Crippen LogP contribution in [0.15, 0.2) is 24.4 Å². The van der Waals surface area contributed by atoms with Crippen molar-refractivity contribution in [2.45, 2.75) is 25.9 Å². The predicted molar refractivity (Wildman–Crippen MR) is 82.3 cm³/mol. The molecule has 21 heavy (non-hydrogen) atoms. The van der Waals surface area contributed by atoms with E-state index in [1.165, 1.54) is 4.68 Å². The first-order chi connectivity index (χ1) is 10.0. The highest BCUT2D eigenvalue weighted by Gasteiger charge is 2.13. The predicted octanol–water partition coefficient (Wildman–Crippen LogP) is 2.63. The van der Waals surface area contributed by atoms with Crippen molar-refractivity contribution in [2.24, 2.45) is 5.73 Å². The largest absolute Gasteiger partial charge is 0.323 e. The SMILES string of the molecule is CCC(N)c1cn(CC(=O)Nc2c(Cl)cccc2Cl)nn1. The molecule has 0 aliphatic rings. The molecule has 0 radical (unpaired) electrons. The number of hydrogen-bond acceptors (Lipinski definition) is 4. The molecule has 6 nitrogen and oxygen atoms in total. The van der Waals surface area contributed by atoms with E-state index < -0.39 is 0 Å². The normalized spacial score (nSPS) is 12.2. The topological polar surface area (TPSA) is 85.8 Å². The standard InChI is InChI=1S/C13H15Cl2N5O/c1-2-10(16)11-6-20(19-18-11)7-12(21)17-13-8(14)4-3-5-9(13)15/h3-6,10H,2,7,16H2,1H3,(H,17,21). The summed E-state index contributed by atoms with van der Waals surface area (Å²) in [5.74, 6) is -0.300. The summed E-state index contributed by atoms with van der Waals surface area (Å²) in [6, 6.07) is 4.82. The van der Waals surface area contributed by atoms with Crippen molar-refractivity contribution < 1.29 is 4.79 Å². The van der Waals surface area contributed by atoms with Crippen LogP contribution in [0.2, 0.25) is 10.0 Å². The minimum atomic E-state index is -0.300. The average molecular weight is 328 g/mol. The number of anilines is 1. The van der Waals surface area contributed by atoms with Gasteiger partial charge in [0.25, 0.3) is 0 Å². The highest BCUT2D eigenvalue weighted by atomic mass is 35.5. The summed E-state index contributed by atoms with van der Waals surface area (Å²) in [4.78, 5) is 12.0. The lowest BCUT2D eigenvalue weighted by atomic mass is 10.2. The van der Waals surface area contributed by atoms with E-state index in [2.05, 4.69) is 15.6 Å². The summed E-state index contributed by atoms with van der Waals surface area (Å²) >= 11 is 12.0. The van der Waals surface area contributed by atoms with Gasteiger partial charge in [0.15, 0.2) is 0 Å². The van der Waals surface area contributed by atoms with Gasteiger partial charge in [0.2, 0.25) is 5.91 Å². The highest BCUT2D eigenvalue weighted by molar-refractivity contribution is 6.39. The minimum Gasteiger partial charge on any atom is -0.323 e. The first kappa shape index (κ1) is 15.8. The second kappa shape index (κ2) is 6.89. The van der Waals surface area contributed by atoms with E-state index in [0.29, 0.717) is 21.4 Å². The number of aromatic nitrogens is 3. The summed E-state index contributed by atoms with van der Waals surface area (Å²) < 4.78 is 1.42. The van der Waals surface area contributed by atoms with Crippen LogP contribution in [0.25, 0.3) is 0 Å². The average Bonchev–Trinajstić information content (AvgIpc) is 2.90. The van der Waals surface area contributed by atoms with Gasteiger partial charge in [-0.25, -0.2) is 4.68 Å². The summed E-state index contributed by atoms with van der Waals surface area (Å²) in [5.41, 5.74) is 6.89. The van der Waals surface area contributed by atoms with Gasteiger partial charge in [-0.3, -0.25) is 4.79 Å². The molecular formula is C13H15Cl2N5O. The van der Waals surface area contributed by atoms with E-state index in [1.54, 1.807) is 24.4 Å². The first-order valence-corrected chi connectivity index (χ1v) is 7.16. The van der Waals surface area contributed by atoms with Crippen molar-refractivity contribution in [1.29, 1.82) is 0 Å². The summed E-state index contributed by atoms with van der Waals surface area (Å²) in [7, 11) is 0. The molecule has 1 amide bonds. The molecule has 3 N–H and O–H groups in total. The third-order valence-corrected chi connectivity index (χ3v) is 3.54. The molecule has 0 fully saturated rings. The minimum absolute atomic E-state index is 0.00495. The van der Waals surface area contributed by atoms with Crippen LogP contribution < -0.4 is 11.1 Å². The van der Waals surface area contributed by atoms with Crippen molar-refractivity contribution in [3.63, 3.8) is 0 Å². The number of nitrogens with one attached hydrogen (secondary N) is 1. The van der Waals surface area contributed by atoms with Crippen LogP contribution in [0.1, 0.15) is 25.1 Å². The number of para-hydroxylation sites is 1. The maximum absolute atomic E-state index is 12.0. The Kier molecular flexibility index (Phi) is 5.17. The highest BCUT2D eigenvalue weighted by Crippen LogP contribution is 2.29. The molecule has 1 heterocycles. The molecule has 0 bridgehead atoms. The molecule has 1 atom stereocenters. The van der Waals surface area contributed by atoms with Crippen LogP contribution in [0.5, 0.6) is 0 Å². The molecule has 0 aliphatic heterocycles. The summed E-state index contributed by atoms with van der Waals surface area (Å²) in [6.07, 6.45) is 2.40. The fourth-order valence-electron chi connectivity index (χ4n) is 1.71. The van der Waals surface area contributed by atoms with Crippen molar-refractivity contribution >= 4 is 34.8 Å². The lowest BCUT2D eigenvalue weighted by molar-refractivity contribution is -0.116. The van der Waals surface area contributed by atoms with Crippen LogP contribution in [-0.2, 0) is 11.3 Å². The number of carbonyl (C=O) groups is 1.